The second-order valence-corrected chi connectivity index (χ2v) is 6.11. The number of amides is 1. The van der Waals surface area contributed by atoms with Crippen molar-refractivity contribution in [2.75, 3.05) is 26.4 Å². The van der Waals surface area contributed by atoms with Crippen LogP contribution in [0.1, 0.15) is 19.4 Å². The number of nitrogens with one attached hydrogen (secondary N) is 1. The number of ether oxygens (including phenoxy) is 2. The van der Waals surface area contributed by atoms with Gasteiger partial charge in [0.05, 0.1) is 19.6 Å². The maximum atomic E-state index is 13.0. The topological polar surface area (TPSA) is 47.6 Å². The van der Waals surface area contributed by atoms with E-state index in [2.05, 4.69) is 18.5 Å². The van der Waals surface area contributed by atoms with Crippen LogP contribution in [0.4, 0.5) is 4.39 Å². The average molecular weight is 361 g/mol. The highest BCUT2D eigenvalue weighted by molar-refractivity contribution is 5.78. The molecular weight excluding hydrogens is 333 g/mol. The van der Waals surface area contributed by atoms with Gasteiger partial charge in [-0.1, -0.05) is 57.3 Å². The lowest BCUT2D eigenvalue weighted by Gasteiger charge is -2.15. The summed E-state index contributed by atoms with van der Waals surface area (Å²) in [4.78, 5) is 11.8. The molecule has 1 aromatic rings. The maximum absolute atomic E-state index is 13.0. The lowest BCUT2D eigenvalue weighted by atomic mass is 10.0. The first-order valence-corrected chi connectivity index (χ1v) is 8.66. The van der Waals surface area contributed by atoms with E-state index < -0.39 is 5.83 Å². The van der Waals surface area contributed by atoms with Crippen LogP contribution in [0.25, 0.3) is 0 Å². The van der Waals surface area contributed by atoms with Crippen LogP contribution in [0.2, 0.25) is 0 Å². The fourth-order valence-electron chi connectivity index (χ4n) is 2.07. The Morgan fingerprint density at radius 3 is 2.50 bits per heavy atom. The molecule has 0 saturated heterocycles. The minimum Gasteiger partial charge on any atom is -0.491 e. The monoisotopic (exact) mass is 361 g/mol. The fourth-order valence-corrected chi connectivity index (χ4v) is 2.07. The highest BCUT2D eigenvalue weighted by Gasteiger charge is 2.09. The van der Waals surface area contributed by atoms with Crippen LogP contribution in [0, 0.1) is 5.92 Å². The summed E-state index contributed by atoms with van der Waals surface area (Å²) in [6.07, 6.45) is 1.58. The molecule has 0 aliphatic heterocycles. The standard InChI is InChI=1S/C21H28FNO3/c1-16(2)18(4)20(14-17(3)22)26-13-12-25-11-10-23-21(24)15-19-8-6-5-7-9-19/h5-9,14,16H,3-4,10-13,15H2,1-2H3,(H,23,24)/b20-14+. The summed E-state index contributed by atoms with van der Waals surface area (Å²) in [5.74, 6) is -0.103. The number of hydrogen-bond acceptors (Lipinski definition) is 3. The molecule has 0 aliphatic carbocycles. The van der Waals surface area contributed by atoms with Gasteiger partial charge in [0.15, 0.2) is 0 Å². The Kier molecular flexibility index (Phi) is 10.0. The van der Waals surface area contributed by atoms with Crippen molar-refractivity contribution >= 4 is 5.91 Å². The van der Waals surface area contributed by atoms with Gasteiger partial charge < -0.3 is 14.8 Å². The molecule has 4 nitrogen and oxygen atoms in total. The third-order valence-corrected chi connectivity index (χ3v) is 3.56. The van der Waals surface area contributed by atoms with Crippen LogP contribution in [-0.2, 0) is 20.7 Å². The second-order valence-electron chi connectivity index (χ2n) is 6.11. The van der Waals surface area contributed by atoms with Gasteiger partial charge in [-0.25, -0.2) is 4.39 Å². The molecule has 26 heavy (non-hydrogen) atoms. The lowest BCUT2D eigenvalue weighted by molar-refractivity contribution is -0.120. The van der Waals surface area contributed by atoms with Gasteiger partial charge in [0, 0.05) is 12.6 Å². The van der Waals surface area contributed by atoms with E-state index in [1.807, 2.05) is 44.2 Å². The summed E-state index contributed by atoms with van der Waals surface area (Å²) in [7, 11) is 0. The maximum Gasteiger partial charge on any atom is 0.224 e. The van der Waals surface area contributed by atoms with Crippen LogP contribution < -0.4 is 5.32 Å². The highest BCUT2D eigenvalue weighted by Crippen LogP contribution is 2.20. The number of hydrogen-bond donors (Lipinski definition) is 1. The number of rotatable bonds is 12. The van der Waals surface area contributed by atoms with Crippen molar-refractivity contribution in [3.05, 3.63) is 72.3 Å². The molecule has 0 atom stereocenters. The zero-order chi connectivity index (χ0) is 19.4. The molecule has 0 aliphatic rings. The van der Waals surface area contributed by atoms with E-state index in [9.17, 15) is 9.18 Å². The van der Waals surface area contributed by atoms with Gasteiger partial charge in [-0.15, -0.1) is 0 Å². The van der Waals surface area contributed by atoms with Crippen molar-refractivity contribution in [1.82, 2.24) is 5.32 Å². The lowest BCUT2D eigenvalue weighted by Crippen LogP contribution is -2.29. The predicted molar refractivity (Wildman–Crippen MR) is 102 cm³/mol. The Hall–Kier alpha value is -2.40. The van der Waals surface area contributed by atoms with Gasteiger partial charge in [0.25, 0.3) is 0 Å². The quantitative estimate of drug-likeness (QED) is 0.348. The van der Waals surface area contributed by atoms with Gasteiger partial charge in [-0.3, -0.25) is 4.79 Å². The molecule has 0 heterocycles. The molecule has 1 rings (SSSR count). The van der Waals surface area contributed by atoms with Crippen LogP contribution in [0.15, 0.2) is 66.7 Å². The largest absolute Gasteiger partial charge is 0.491 e. The number of carbonyl (C=O) groups excluding carboxylic acids is 1. The van der Waals surface area contributed by atoms with E-state index in [4.69, 9.17) is 9.47 Å². The van der Waals surface area contributed by atoms with E-state index in [0.29, 0.717) is 37.5 Å². The molecule has 1 N–H and O–H groups in total. The normalized spacial score (nSPS) is 11.3. The van der Waals surface area contributed by atoms with Crippen LogP contribution in [0.3, 0.4) is 0 Å². The first-order valence-electron chi connectivity index (χ1n) is 8.66. The Morgan fingerprint density at radius 1 is 1.19 bits per heavy atom. The van der Waals surface area contributed by atoms with Crippen molar-refractivity contribution in [3.63, 3.8) is 0 Å². The van der Waals surface area contributed by atoms with E-state index in [1.54, 1.807) is 0 Å². The molecule has 1 aromatic carbocycles. The Morgan fingerprint density at radius 2 is 1.88 bits per heavy atom. The first kappa shape index (κ1) is 21.6. The summed E-state index contributed by atoms with van der Waals surface area (Å²) in [6, 6.07) is 9.55. The molecule has 142 valence electrons. The van der Waals surface area contributed by atoms with Crippen molar-refractivity contribution in [1.29, 1.82) is 0 Å². The van der Waals surface area contributed by atoms with Gasteiger partial charge >= 0.3 is 0 Å². The molecule has 0 saturated carbocycles. The fraction of sp³-hybridized carbons (Fsp3) is 0.381. The smallest absolute Gasteiger partial charge is 0.224 e. The first-order chi connectivity index (χ1) is 12.4. The molecule has 5 heteroatoms. The molecule has 0 bridgehead atoms. The van der Waals surface area contributed by atoms with Crippen molar-refractivity contribution < 1.29 is 18.7 Å². The zero-order valence-corrected chi connectivity index (χ0v) is 15.6. The molecule has 1 amide bonds. The van der Waals surface area contributed by atoms with E-state index in [-0.39, 0.29) is 18.4 Å². The molecular formula is C21H28FNO3. The molecule has 0 unspecified atom stereocenters. The molecule has 0 aromatic heterocycles. The SMILES string of the molecule is C=C(F)/C=C(/OCCOCCNC(=O)Cc1ccccc1)C(=C)C(C)C. The minimum absolute atomic E-state index is 0.0454. The number of halogens is 1. The van der Waals surface area contributed by atoms with Crippen molar-refractivity contribution in [3.8, 4) is 0 Å². The second kappa shape index (κ2) is 12.0. The summed E-state index contributed by atoms with van der Waals surface area (Å²) in [6.45, 7) is 12.4. The average Bonchev–Trinajstić information content (AvgIpc) is 2.59. The Labute approximate surface area is 155 Å². The van der Waals surface area contributed by atoms with Crippen LogP contribution in [-0.4, -0.2) is 32.3 Å². The number of carbonyl (C=O) groups is 1. The predicted octanol–water partition coefficient (Wildman–Crippen LogP) is 3.96. The third kappa shape index (κ3) is 9.18. The minimum atomic E-state index is -0.580. The summed E-state index contributed by atoms with van der Waals surface area (Å²) in [5.41, 5.74) is 1.68. The number of allylic oxidation sites excluding steroid dienone is 3. The van der Waals surface area contributed by atoms with E-state index >= 15 is 0 Å². The molecule has 0 fully saturated rings. The van der Waals surface area contributed by atoms with Crippen molar-refractivity contribution in [2.24, 2.45) is 5.92 Å². The molecule has 0 spiro atoms. The zero-order valence-electron chi connectivity index (χ0n) is 15.6. The number of benzene rings is 1. The van der Waals surface area contributed by atoms with Gasteiger partial charge in [0.1, 0.15) is 18.2 Å². The van der Waals surface area contributed by atoms with Crippen molar-refractivity contribution in [2.45, 2.75) is 20.3 Å². The van der Waals surface area contributed by atoms with Crippen LogP contribution >= 0.6 is 0 Å². The Bertz CT molecular complexity index is 623. The Balaban J connectivity index is 2.18. The third-order valence-electron chi connectivity index (χ3n) is 3.56. The molecule has 0 radical (unpaired) electrons. The van der Waals surface area contributed by atoms with E-state index in [0.717, 1.165) is 5.56 Å². The summed E-state index contributed by atoms with van der Waals surface area (Å²) < 4.78 is 24.0. The summed E-state index contributed by atoms with van der Waals surface area (Å²) in [5, 5.41) is 2.80. The highest BCUT2D eigenvalue weighted by atomic mass is 19.1. The van der Waals surface area contributed by atoms with Gasteiger partial charge in [-0.2, -0.15) is 0 Å². The summed E-state index contributed by atoms with van der Waals surface area (Å²) >= 11 is 0. The van der Waals surface area contributed by atoms with Crippen LogP contribution in [0.5, 0.6) is 0 Å². The van der Waals surface area contributed by atoms with E-state index in [1.165, 1.54) is 6.08 Å². The van der Waals surface area contributed by atoms with Gasteiger partial charge in [-0.05, 0) is 17.1 Å². The van der Waals surface area contributed by atoms with Gasteiger partial charge in [0.2, 0.25) is 5.91 Å².